The highest BCUT2D eigenvalue weighted by Gasteiger charge is 2.34. The lowest BCUT2D eigenvalue weighted by Gasteiger charge is -2.31. The minimum atomic E-state index is -1.83. The zero-order chi connectivity index (χ0) is 23.3. The lowest BCUT2D eigenvalue weighted by molar-refractivity contribution is -0.117. The molecule has 0 saturated heterocycles. The number of hydrogen-bond donors (Lipinski definition) is 3. The van der Waals surface area contributed by atoms with Crippen LogP contribution in [0.15, 0.2) is 48.5 Å². The second-order valence-electron chi connectivity index (χ2n) is 7.61. The van der Waals surface area contributed by atoms with Crippen molar-refractivity contribution in [3.63, 3.8) is 0 Å². The van der Waals surface area contributed by atoms with Crippen molar-refractivity contribution in [1.82, 2.24) is 10.6 Å². The normalized spacial score (nSPS) is 14.6. The van der Waals surface area contributed by atoms with Crippen LogP contribution in [0, 0.1) is 6.92 Å². The first kappa shape index (κ1) is 24.6. The van der Waals surface area contributed by atoms with E-state index in [-0.39, 0.29) is 5.11 Å². The third kappa shape index (κ3) is 6.51. The Kier molecular flexibility index (Phi) is 8.28. The maximum atomic E-state index is 12.5. The van der Waals surface area contributed by atoms with Gasteiger partial charge in [0.1, 0.15) is 6.17 Å². The maximum Gasteiger partial charge on any atom is 0.245 e. The summed E-state index contributed by atoms with van der Waals surface area (Å²) in [5.41, 5.74) is 5.18. The summed E-state index contributed by atoms with van der Waals surface area (Å²) in [6.07, 6.45) is 4.18. The number of benzene rings is 2. The van der Waals surface area contributed by atoms with E-state index in [1.807, 2.05) is 50.4 Å². The molecule has 1 aliphatic heterocycles. The van der Waals surface area contributed by atoms with E-state index in [0.717, 1.165) is 41.9 Å². The first-order valence-electron chi connectivity index (χ1n) is 10.2. The predicted molar refractivity (Wildman–Crippen MR) is 140 cm³/mol. The standard InChI is InChI=1S/C23H25Cl3N4OS/c1-15-7-3-4-8-16(15)12-13-19(31)28-21(23(24,25)26)29-22(32)27-18-11-5-9-17-10-6-14-30(2)20(17)18/h3-5,7-9,11-13,21H,6,10,14H2,1-2H3,(H,28,31)(H2,27,29,32)/b13-12+. The zero-order valence-corrected chi connectivity index (χ0v) is 20.9. The number of halogens is 3. The van der Waals surface area contributed by atoms with Crippen molar-refractivity contribution in [1.29, 1.82) is 0 Å². The van der Waals surface area contributed by atoms with Gasteiger partial charge in [-0.15, -0.1) is 0 Å². The number of fused-ring (bicyclic) bond motifs is 1. The first-order chi connectivity index (χ1) is 15.1. The topological polar surface area (TPSA) is 56.4 Å². The summed E-state index contributed by atoms with van der Waals surface area (Å²) in [5, 5.41) is 8.98. The van der Waals surface area contributed by atoms with Crippen LogP contribution in [0.2, 0.25) is 0 Å². The van der Waals surface area contributed by atoms with E-state index >= 15 is 0 Å². The third-order valence-corrected chi connectivity index (χ3v) is 6.06. The average molecular weight is 512 g/mol. The quantitative estimate of drug-likeness (QED) is 0.223. The lowest BCUT2D eigenvalue weighted by atomic mass is 10.0. The monoisotopic (exact) mass is 510 g/mol. The SMILES string of the molecule is Cc1ccccc1/C=C/C(=O)NC(NC(=S)Nc1cccc2c1N(C)CCC2)C(Cl)(Cl)Cl. The van der Waals surface area contributed by atoms with E-state index in [2.05, 4.69) is 26.9 Å². The lowest BCUT2D eigenvalue weighted by Crippen LogP contribution is -2.55. The molecule has 0 radical (unpaired) electrons. The smallest absolute Gasteiger partial charge is 0.245 e. The summed E-state index contributed by atoms with van der Waals surface area (Å²) in [5.74, 6) is -0.420. The summed E-state index contributed by atoms with van der Waals surface area (Å²) in [7, 11) is 2.05. The minimum absolute atomic E-state index is 0.233. The van der Waals surface area contributed by atoms with Gasteiger partial charge in [0, 0.05) is 19.7 Å². The first-order valence-corrected chi connectivity index (χ1v) is 11.7. The van der Waals surface area contributed by atoms with Gasteiger partial charge >= 0.3 is 0 Å². The number of rotatable bonds is 5. The number of alkyl halides is 3. The summed E-state index contributed by atoms with van der Waals surface area (Å²) in [4.78, 5) is 14.7. The highest BCUT2D eigenvalue weighted by Crippen LogP contribution is 2.34. The second-order valence-corrected chi connectivity index (χ2v) is 10.4. The van der Waals surface area contributed by atoms with Crippen molar-refractivity contribution >= 4 is 75.5 Å². The summed E-state index contributed by atoms with van der Waals surface area (Å²) in [6, 6.07) is 13.8. The molecule has 170 valence electrons. The van der Waals surface area contributed by atoms with Crippen LogP contribution in [0.3, 0.4) is 0 Å². The van der Waals surface area contributed by atoms with Gasteiger partial charge in [0.25, 0.3) is 0 Å². The molecule has 0 saturated carbocycles. The molecule has 3 N–H and O–H groups in total. The summed E-state index contributed by atoms with van der Waals surface area (Å²) < 4.78 is -1.83. The van der Waals surface area contributed by atoms with Crippen molar-refractivity contribution in [2.45, 2.75) is 29.7 Å². The van der Waals surface area contributed by atoms with Crippen LogP contribution >= 0.6 is 47.0 Å². The van der Waals surface area contributed by atoms with Gasteiger partial charge in [-0.05, 0) is 60.8 Å². The largest absolute Gasteiger partial charge is 0.373 e. The number of anilines is 2. The molecular formula is C23H25Cl3N4OS. The van der Waals surface area contributed by atoms with E-state index in [4.69, 9.17) is 47.0 Å². The Bertz CT molecular complexity index is 1020. The second kappa shape index (κ2) is 10.8. The third-order valence-electron chi connectivity index (χ3n) is 5.18. The van der Waals surface area contributed by atoms with Gasteiger partial charge in [-0.3, -0.25) is 4.79 Å². The molecule has 3 rings (SSSR count). The Morgan fingerprint density at radius 3 is 2.62 bits per heavy atom. The van der Waals surface area contributed by atoms with E-state index < -0.39 is 15.9 Å². The van der Waals surface area contributed by atoms with Crippen LogP contribution in [0.4, 0.5) is 11.4 Å². The molecule has 0 spiro atoms. The van der Waals surface area contributed by atoms with Gasteiger partial charge in [0.15, 0.2) is 5.11 Å². The molecule has 0 aliphatic carbocycles. The van der Waals surface area contributed by atoms with E-state index in [0.29, 0.717) is 0 Å². The van der Waals surface area contributed by atoms with Gasteiger partial charge in [-0.1, -0.05) is 71.2 Å². The molecule has 2 aromatic carbocycles. The molecule has 1 heterocycles. The van der Waals surface area contributed by atoms with Crippen molar-refractivity contribution < 1.29 is 4.79 Å². The Hall–Kier alpha value is -1.99. The van der Waals surface area contributed by atoms with Crippen molar-refractivity contribution in [2.75, 3.05) is 23.8 Å². The fourth-order valence-corrected chi connectivity index (χ4v) is 4.14. The Morgan fingerprint density at radius 1 is 1.16 bits per heavy atom. The number of amides is 1. The molecule has 1 atom stereocenters. The number of aryl methyl sites for hydroxylation is 2. The number of carbonyl (C=O) groups is 1. The molecule has 0 bridgehead atoms. The predicted octanol–water partition coefficient (Wildman–Crippen LogP) is 5.19. The van der Waals surface area contributed by atoms with Crippen molar-refractivity contribution in [2.24, 2.45) is 0 Å². The fraction of sp³-hybridized carbons (Fsp3) is 0.304. The molecule has 0 fully saturated rings. The van der Waals surface area contributed by atoms with Crippen LogP contribution in [-0.2, 0) is 11.2 Å². The molecule has 1 aliphatic rings. The van der Waals surface area contributed by atoms with Crippen LogP contribution in [-0.4, -0.2) is 34.6 Å². The zero-order valence-electron chi connectivity index (χ0n) is 17.8. The van der Waals surface area contributed by atoms with Gasteiger partial charge in [0.2, 0.25) is 9.70 Å². The van der Waals surface area contributed by atoms with Gasteiger partial charge in [-0.25, -0.2) is 0 Å². The van der Waals surface area contributed by atoms with Crippen molar-refractivity contribution in [3.05, 3.63) is 65.2 Å². The molecule has 1 unspecified atom stereocenters. The van der Waals surface area contributed by atoms with Crippen LogP contribution in [0.1, 0.15) is 23.1 Å². The van der Waals surface area contributed by atoms with E-state index in [1.54, 1.807) is 6.08 Å². The maximum absolute atomic E-state index is 12.5. The molecule has 1 amide bonds. The Balaban J connectivity index is 1.68. The fourth-order valence-electron chi connectivity index (χ4n) is 3.58. The summed E-state index contributed by atoms with van der Waals surface area (Å²) >= 11 is 23.8. The number of nitrogens with one attached hydrogen (secondary N) is 3. The molecule has 0 aromatic heterocycles. The van der Waals surface area contributed by atoms with Crippen LogP contribution < -0.4 is 20.9 Å². The average Bonchev–Trinajstić information content (AvgIpc) is 2.72. The van der Waals surface area contributed by atoms with E-state index in [1.165, 1.54) is 11.6 Å². The number of nitrogens with zero attached hydrogens (tertiary/aromatic N) is 1. The van der Waals surface area contributed by atoms with Crippen LogP contribution in [0.25, 0.3) is 6.08 Å². The molecule has 9 heteroatoms. The van der Waals surface area contributed by atoms with Gasteiger partial charge < -0.3 is 20.9 Å². The highest BCUT2D eigenvalue weighted by atomic mass is 35.6. The van der Waals surface area contributed by atoms with Crippen molar-refractivity contribution in [3.8, 4) is 0 Å². The Labute approximate surface area is 209 Å². The highest BCUT2D eigenvalue weighted by molar-refractivity contribution is 7.80. The number of carbonyl (C=O) groups excluding carboxylic acids is 1. The van der Waals surface area contributed by atoms with Gasteiger partial charge in [-0.2, -0.15) is 0 Å². The molecule has 32 heavy (non-hydrogen) atoms. The van der Waals surface area contributed by atoms with Gasteiger partial charge in [0.05, 0.1) is 11.4 Å². The van der Waals surface area contributed by atoms with E-state index in [9.17, 15) is 4.79 Å². The Morgan fingerprint density at radius 2 is 1.91 bits per heavy atom. The molecule has 2 aromatic rings. The summed E-state index contributed by atoms with van der Waals surface area (Å²) in [6.45, 7) is 2.93. The molecule has 5 nitrogen and oxygen atoms in total. The number of hydrogen-bond acceptors (Lipinski definition) is 3. The minimum Gasteiger partial charge on any atom is -0.373 e. The van der Waals surface area contributed by atoms with Crippen LogP contribution in [0.5, 0.6) is 0 Å². The number of thiocarbonyl (C=S) groups is 1. The number of para-hydroxylation sites is 1. The molecular weight excluding hydrogens is 487 g/mol.